The monoisotopic (exact) mass is 331 g/mol. The molecule has 1 amide bonds. The van der Waals surface area contributed by atoms with Crippen molar-refractivity contribution in [3.63, 3.8) is 0 Å². The van der Waals surface area contributed by atoms with Gasteiger partial charge in [0.2, 0.25) is 0 Å². The lowest BCUT2D eigenvalue weighted by molar-refractivity contribution is 0.0682. The maximum atomic E-state index is 13.0. The summed E-state index contributed by atoms with van der Waals surface area (Å²) >= 11 is 1.38. The van der Waals surface area contributed by atoms with Gasteiger partial charge in [-0.2, -0.15) is 4.37 Å². The zero-order valence-electron chi connectivity index (χ0n) is 13.3. The summed E-state index contributed by atoms with van der Waals surface area (Å²) in [4.78, 5) is 17.6. The van der Waals surface area contributed by atoms with Gasteiger partial charge in [-0.1, -0.05) is 0 Å². The fraction of sp³-hybridized carbons (Fsp3) is 0.529. The zero-order chi connectivity index (χ0) is 15.8. The summed E-state index contributed by atoms with van der Waals surface area (Å²) in [7, 11) is 0. The molecule has 1 aromatic carbocycles. The standard InChI is InChI=1S/C17H21N3O2S/c1-2-22-13-3-4-14-15(11-13)23-18-16(14)17(21)20-10-9-19-7-5-12(20)6-8-19/h3-4,11-12H,2,5-10H2,1H3. The molecule has 23 heavy (non-hydrogen) atoms. The van der Waals surface area contributed by atoms with Crippen LogP contribution in [0.1, 0.15) is 30.3 Å². The first-order chi connectivity index (χ1) is 11.3. The van der Waals surface area contributed by atoms with Crippen LogP contribution in [0, 0.1) is 0 Å². The SMILES string of the molecule is CCOc1ccc2c(C(=O)N3CCN4CCC3CC4)nsc2c1. The number of nitrogens with zero attached hydrogens (tertiary/aromatic N) is 3. The maximum absolute atomic E-state index is 13.0. The minimum absolute atomic E-state index is 0.0918. The molecule has 5 rings (SSSR count). The second-order valence-electron chi connectivity index (χ2n) is 6.19. The first-order valence-electron chi connectivity index (χ1n) is 8.32. The van der Waals surface area contributed by atoms with Crippen molar-refractivity contribution in [3.05, 3.63) is 23.9 Å². The van der Waals surface area contributed by atoms with E-state index in [1.54, 1.807) is 0 Å². The average molecular weight is 331 g/mol. The highest BCUT2D eigenvalue weighted by Crippen LogP contribution is 2.30. The second kappa shape index (κ2) is 6.09. The second-order valence-corrected chi connectivity index (χ2v) is 7.00. The van der Waals surface area contributed by atoms with E-state index in [2.05, 4.69) is 14.2 Å². The van der Waals surface area contributed by atoms with Crippen molar-refractivity contribution in [3.8, 4) is 5.75 Å². The van der Waals surface area contributed by atoms with E-state index in [0.717, 1.165) is 54.9 Å². The van der Waals surface area contributed by atoms with Gasteiger partial charge in [-0.15, -0.1) is 0 Å². The highest BCUT2D eigenvalue weighted by atomic mass is 32.1. The third-order valence-corrected chi connectivity index (χ3v) is 5.68. The number of benzene rings is 1. The molecule has 5 nitrogen and oxygen atoms in total. The lowest BCUT2D eigenvalue weighted by Gasteiger charge is -2.31. The number of hydrogen-bond donors (Lipinski definition) is 0. The summed E-state index contributed by atoms with van der Waals surface area (Å²) in [6.07, 6.45) is 2.17. The van der Waals surface area contributed by atoms with E-state index >= 15 is 0 Å². The minimum atomic E-state index is 0.0918. The number of hydrogen-bond acceptors (Lipinski definition) is 5. The highest BCUT2D eigenvalue weighted by Gasteiger charge is 2.33. The van der Waals surface area contributed by atoms with Gasteiger partial charge in [-0.05, 0) is 49.5 Å². The fourth-order valence-corrected chi connectivity index (χ4v) is 4.42. The van der Waals surface area contributed by atoms with Gasteiger partial charge < -0.3 is 14.5 Å². The van der Waals surface area contributed by atoms with Crippen molar-refractivity contribution in [1.29, 1.82) is 0 Å². The van der Waals surface area contributed by atoms with Gasteiger partial charge >= 0.3 is 0 Å². The molecule has 6 heteroatoms. The number of amides is 1. The Morgan fingerprint density at radius 2 is 2.13 bits per heavy atom. The van der Waals surface area contributed by atoms with E-state index in [4.69, 9.17) is 4.74 Å². The molecule has 0 radical (unpaired) electrons. The molecule has 0 spiro atoms. The Kier molecular flexibility index (Phi) is 3.95. The Bertz CT molecular complexity index is 722. The van der Waals surface area contributed by atoms with Crippen LogP contribution in [0.4, 0.5) is 0 Å². The maximum Gasteiger partial charge on any atom is 0.274 e. The predicted molar refractivity (Wildman–Crippen MR) is 91.3 cm³/mol. The van der Waals surface area contributed by atoms with Gasteiger partial charge in [0, 0.05) is 37.6 Å². The number of carbonyl (C=O) groups is 1. The van der Waals surface area contributed by atoms with Crippen LogP contribution in [-0.4, -0.2) is 58.9 Å². The smallest absolute Gasteiger partial charge is 0.274 e. The number of rotatable bonds is 3. The van der Waals surface area contributed by atoms with Crippen LogP contribution < -0.4 is 4.74 Å². The average Bonchev–Trinajstić information content (AvgIpc) is 2.75. The minimum Gasteiger partial charge on any atom is -0.494 e. The van der Waals surface area contributed by atoms with Gasteiger partial charge in [0.05, 0.1) is 11.3 Å². The Morgan fingerprint density at radius 1 is 1.30 bits per heavy atom. The van der Waals surface area contributed by atoms with Crippen molar-refractivity contribution in [2.24, 2.45) is 0 Å². The predicted octanol–water partition coefficient (Wildman–Crippen LogP) is 2.62. The van der Waals surface area contributed by atoms with Gasteiger partial charge in [-0.3, -0.25) is 4.79 Å². The van der Waals surface area contributed by atoms with Crippen LogP contribution in [-0.2, 0) is 0 Å². The molecule has 0 aliphatic carbocycles. The molecule has 0 saturated carbocycles. The molecule has 0 atom stereocenters. The van der Waals surface area contributed by atoms with E-state index in [1.807, 2.05) is 25.1 Å². The summed E-state index contributed by atoms with van der Waals surface area (Å²) in [5, 5.41) is 0.947. The summed E-state index contributed by atoms with van der Waals surface area (Å²) in [6, 6.07) is 6.25. The van der Waals surface area contributed by atoms with E-state index in [0.29, 0.717) is 18.3 Å². The van der Waals surface area contributed by atoms with Crippen molar-refractivity contribution < 1.29 is 9.53 Å². The Balaban J connectivity index is 1.64. The topological polar surface area (TPSA) is 45.7 Å². The Hall–Kier alpha value is -1.66. The first kappa shape index (κ1) is 14.9. The van der Waals surface area contributed by atoms with Gasteiger partial charge in [0.25, 0.3) is 5.91 Å². The van der Waals surface area contributed by atoms with E-state index in [-0.39, 0.29) is 5.91 Å². The van der Waals surface area contributed by atoms with Crippen LogP contribution in [0.2, 0.25) is 0 Å². The van der Waals surface area contributed by atoms with Crippen molar-refractivity contribution in [2.45, 2.75) is 25.8 Å². The molecular formula is C17H21N3O2S. The van der Waals surface area contributed by atoms with Crippen molar-refractivity contribution >= 4 is 27.5 Å². The molecule has 2 bridgehead atoms. The first-order valence-corrected chi connectivity index (χ1v) is 9.09. The van der Waals surface area contributed by atoms with Gasteiger partial charge in [0.1, 0.15) is 11.4 Å². The molecule has 4 heterocycles. The lowest BCUT2D eigenvalue weighted by atomic mass is 10.0. The summed E-state index contributed by atoms with van der Waals surface area (Å²) in [5.74, 6) is 0.929. The normalized spacial score (nSPS) is 24.0. The molecule has 2 aromatic rings. The van der Waals surface area contributed by atoms with Crippen LogP contribution >= 0.6 is 11.5 Å². The number of aromatic nitrogens is 1. The van der Waals surface area contributed by atoms with Gasteiger partial charge in [0.15, 0.2) is 0 Å². The molecular weight excluding hydrogens is 310 g/mol. The zero-order valence-corrected chi connectivity index (χ0v) is 14.1. The third kappa shape index (κ3) is 2.70. The number of fused-ring (bicyclic) bond motifs is 5. The lowest BCUT2D eigenvalue weighted by Crippen LogP contribution is -2.41. The summed E-state index contributed by atoms with van der Waals surface area (Å²) in [5.41, 5.74) is 0.605. The molecule has 3 fully saturated rings. The van der Waals surface area contributed by atoms with Crippen molar-refractivity contribution in [2.75, 3.05) is 32.8 Å². The Morgan fingerprint density at radius 3 is 2.91 bits per heavy atom. The molecule has 0 unspecified atom stereocenters. The van der Waals surface area contributed by atoms with Crippen molar-refractivity contribution in [1.82, 2.24) is 14.2 Å². The summed E-state index contributed by atoms with van der Waals surface area (Å²) in [6.45, 7) is 6.64. The molecule has 3 aliphatic rings. The number of carbonyl (C=O) groups excluding carboxylic acids is 1. The Labute approximate surface area is 140 Å². The third-order valence-electron chi connectivity index (χ3n) is 4.87. The van der Waals surface area contributed by atoms with Crippen LogP contribution in [0.5, 0.6) is 5.75 Å². The molecule has 122 valence electrons. The van der Waals surface area contributed by atoms with Crippen LogP contribution in [0.15, 0.2) is 18.2 Å². The molecule has 3 saturated heterocycles. The summed E-state index contributed by atoms with van der Waals surface area (Å²) < 4.78 is 11.0. The fourth-order valence-electron chi connectivity index (χ4n) is 3.62. The van der Waals surface area contributed by atoms with E-state index in [9.17, 15) is 4.79 Å². The quantitative estimate of drug-likeness (QED) is 0.867. The molecule has 0 N–H and O–H groups in total. The van der Waals surface area contributed by atoms with Gasteiger partial charge in [-0.25, -0.2) is 0 Å². The molecule has 3 aliphatic heterocycles. The largest absolute Gasteiger partial charge is 0.494 e. The van der Waals surface area contributed by atoms with Crippen LogP contribution in [0.25, 0.3) is 10.1 Å². The van der Waals surface area contributed by atoms with E-state index in [1.165, 1.54) is 11.5 Å². The number of ether oxygens (including phenoxy) is 1. The van der Waals surface area contributed by atoms with Crippen LogP contribution in [0.3, 0.4) is 0 Å². The molecule has 1 aromatic heterocycles. The number of piperidine rings is 1. The highest BCUT2D eigenvalue weighted by molar-refractivity contribution is 7.13. The van der Waals surface area contributed by atoms with E-state index < -0.39 is 0 Å².